The van der Waals surface area contributed by atoms with Crippen molar-refractivity contribution in [3.63, 3.8) is 0 Å². The van der Waals surface area contributed by atoms with Gasteiger partial charge in [-0.2, -0.15) is 4.98 Å². The van der Waals surface area contributed by atoms with E-state index in [0.29, 0.717) is 23.5 Å². The summed E-state index contributed by atoms with van der Waals surface area (Å²) in [6.07, 6.45) is 0.913. The lowest BCUT2D eigenvalue weighted by Crippen LogP contribution is -2.05. The van der Waals surface area contributed by atoms with Gasteiger partial charge in [-0.25, -0.2) is 4.98 Å². The SMILES string of the molecule is CCOc1cc(Cl)nc(COc2ccccc2CC)n1. The van der Waals surface area contributed by atoms with Gasteiger partial charge in [-0.05, 0) is 25.0 Å². The molecule has 0 N–H and O–H groups in total. The molecule has 1 aromatic carbocycles. The molecule has 0 fully saturated rings. The van der Waals surface area contributed by atoms with Crippen molar-refractivity contribution in [2.45, 2.75) is 26.9 Å². The molecule has 2 aromatic rings. The van der Waals surface area contributed by atoms with E-state index in [1.807, 2.05) is 31.2 Å². The van der Waals surface area contributed by atoms with Crippen LogP contribution < -0.4 is 9.47 Å². The van der Waals surface area contributed by atoms with Gasteiger partial charge in [0.05, 0.1) is 6.61 Å². The molecule has 20 heavy (non-hydrogen) atoms. The molecule has 0 amide bonds. The maximum Gasteiger partial charge on any atom is 0.218 e. The normalized spacial score (nSPS) is 10.3. The third-order valence-corrected chi connectivity index (χ3v) is 2.91. The molecule has 106 valence electrons. The van der Waals surface area contributed by atoms with Gasteiger partial charge in [0.25, 0.3) is 0 Å². The zero-order valence-corrected chi connectivity index (χ0v) is 12.4. The summed E-state index contributed by atoms with van der Waals surface area (Å²) in [6, 6.07) is 9.51. The third-order valence-electron chi connectivity index (χ3n) is 2.72. The Morgan fingerprint density at radius 1 is 1.10 bits per heavy atom. The smallest absolute Gasteiger partial charge is 0.218 e. The summed E-state index contributed by atoms with van der Waals surface area (Å²) < 4.78 is 11.1. The van der Waals surface area contributed by atoms with E-state index in [0.717, 1.165) is 17.7 Å². The fourth-order valence-corrected chi connectivity index (χ4v) is 2.00. The van der Waals surface area contributed by atoms with Crippen LogP contribution in [0.4, 0.5) is 0 Å². The first-order valence-electron chi connectivity index (χ1n) is 6.60. The van der Waals surface area contributed by atoms with Crippen LogP contribution in [0, 0.1) is 0 Å². The van der Waals surface area contributed by atoms with Crippen LogP contribution in [0.2, 0.25) is 5.15 Å². The molecule has 0 aliphatic rings. The number of rotatable bonds is 6. The van der Waals surface area contributed by atoms with Crippen LogP contribution in [0.3, 0.4) is 0 Å². The van der Waals surface area contributed by atoms with E-state index in [1.54, 1.807) is 6.07 Å². The van der Waals surface area contributed by atoms with E-state index < -0.39 is 0 Å². The summed E-state index contributed by atoms with van der Waals surface area (Å²) in [4.78, 5) is 8.39. The summed E-state index contributed by atoms with van der Waals surface area (Å²) in [5.74, 6) is 1.82. The van der Waals surface area contributed by atoms with E-state index in [2.05, 4.69) is 16.9 Å². The largest absolute Gasteiger partial charge is 0.485 e. The Hall–Kier alpha value is -1.81. The molecule has 0 spiro atoms. The van der Waals surface area contributed by atoms with Crippen LogP contribution in [0.25, 0.3) is 0 Å². The number of halogens is 1. The van der Waals surface area contributed by atoms with Gasteiger partial charge in [-0.3, -0.25) is 0 Å². The molecule has 0 atom stereocenters. The summed E-state index contributed by atoms with van der Waals surface area (Å²) in [7, 11) is 0. The predicted molar refractivity (Wildman–Crippen MR) is 78.4 cm³/mol. The summed E-state index contributed by atoms with van der Waals surface area (Å²) in [5.41, 5.74) is 1.15. The first-order valence-corrected chi connectivity index (χ1v) is 6.97. The standard InChI is InChI=1S/C15H17ClN2O2/c1-3-11-7-5-6-8-12(11)20-10-14-17-13(16)9-15(18-14)19-4-2/h5-9H,3-4,10H2,1-2H3. The van der Waals surface area contributed by atoms with Crippen molar-refractivity contribution in [1.82, 2.24) is 9.97 Å². The molecular formula is C15H17ClN2O2. The van der Waals surface area contributed by atoms with Crippen molar-refractivity contribution < 1.29 is 9.47 Å². The molecule has 0 saturated heterocycles. The summed E-state index contributed by atoms with van der Waals surface area (Å²) >= 11 is 5.94. The fourth-order valence-electron chi connectivity index (χ4n) is 1.81. The average Bonchev–Trinajstić information content (AvgIpc) is 2.45. The van der Waals surface area contributed by atoms with Gasteiger partial charge < -0.3 is 9.47 Å². The van der Waals surface area contributed by atoms with Crippen molar-refractivity contribution in [3.05, 3.63) is 46.9 Å². The van der Waals surface area contributed by atoms with Crippen LogP contribution in [0.15, 0.2) is 30.3 Å². The maximum atomic E-state index is 5.94. The monoisotopic (exact) mass is 292 g/mol. The lowest BCUT2D eigenvalue weighted by atomic mass is 10.1. The molecule has 0 radical (unpaired) electrons. The van der Waals surface area contributed by atoms with Crippen molar-refractivity contribution in [2.24, 2.45) is 0 Å². The van der Waals surface area contributed by atoms with E-state index in [4.69, 9.17) is 21.1 Å². The van der Waals surface area contributed by atoms with Gasteiger partial charge in [-0.1, -0.05) is 36.7 Å². The molecule has 5 heteroatoms. The Balaban J connectivity index is 2.10. The maximum absolute atomic E-state index is 5.94. The summed E-state index contributed by atoms with van der Waals surface area (Å²) in [5, 5.41) is 0.353. The highest BCUT2D eigenvalue weighted by atomic mass is 35.5. The fraction of sp³-hybridized carbons (Fsp3) is 0.333. The van der Waals surface area contributed by atoms with Crippen molar-refractivity contribution >= 4 is 11.6 Å². The zero-order chi connectivity index (χ0) is 14.4. The average molecular weight is 293 g/mol. The minimum atomic E-state index is 0.262. The van der Waals surface area contributed by atoms with Gasteiger partial charge in [0.15, 0.2) is 5.82 Å². The Bertz CT molecular complexity index is 576. The van der Waals surface area contributed by atoms with Crippen LogP contribution in [-0.4, -0.2) is 16.6 Å². The highest BCUT2D eigenvalue weighted by Crippen LogP contribution is 2.20. The van der Waals surface area contributed by atoms with Gasteiger partial charge in [-0.15, -0.1) is 0 Å². The second-order valence-corrected chi connectivity index (χ2v) is 4.52. The van der Waals surface area contributed by atoms with Crippen LogP contribution in [-0.2, 0) is 13.0 Å². The predicted octanol–water partition coefficient (Wildman–Crippen LogP) is 3.67. The van der Waals surface area contributed by atoms with Crippen LogP contribution >= 0.6 is 11.6 Å². The van der Waals surface area contributed by atoms with Gasteiger partial charge in [0.2, 0.25) is 5.88 Å². The van der Waals surface area contributed by atoms with Crippen LogP contribution in [0.5, 0.6) is 11.6 Å². The molecule has 1 heterocycles. The Labute approximate surface area is 123 Å². The van der Waals surface area contributed by atoms with Crippen LogP contribution in [0.1, 0.15) is 25.2 Å². The van der Waals surface area contributed by atoms with Gasteiger partial charge in [0, 0.05) is 6.07 Å². The van der Waals surface area contributed by atoms with Gasteiger partial charge in [0.1, 0.15) is 17.5 Å². The molecule has 2 rings (SSSR count). The molecule has 0 aliphatic carbocycles. The van der Waals surface area contributed by atoms with Gasteiger partial charge >= 0.3 is 0 Å². The third kappa shape index (κ3) is 3.84. The molecule has 0 aliphatic heterocycles. The number of hydrogen-bond acceptors (Lipinski definition) is 4. The summed E-state index contributed by atoms with van der Waals surface area (Å²) in [6.45, 7) is 4.78. The Morgan fingerprint density at radius 2 is 1.90 bits per heavy atom. The Kier molecular flexibility index (Phi) is 5.18. The quantitative estimate of drug-likeness (QED) is 0.762. The minimum Gasteiger partial charge on any atom is -0.485 e. The van der Waals surface area contributed by atoms with E-state index in [1.165, 1.54) is 0 Å². The Morgan fingerprint density at radius 3 is 2.65 bits per heavy atom. The number of nitrogens with zero attached hydrogens (tertiary/aromatic N) is 2. The van der Waals surface area contributed by atoms with E-state index in [-0.39, 0.29) is 6.61 Å². The van der Waals surface area contributed by atoms with E-state index in [9.17, 15) is 0 Å². The van der Waals surface area contributed by atoms with E-state index >= 15 is 0 Å². The number of aromatic nitrogens is 2. The lowest BCUT2D eigenvalue weighted by Gasteiger charge is -2.10. The van der Waals surface area contributed by atoms with Crippen molar-refractivity contribution in [1.29, 1.82) is 0 Å². The second kappa shape index (κ2) is 7.10. The molecule has 1 aromatic heterocycles. The molecular weight excluding hydrogens is 276 g/mol. The first kappa shape index (κ1) is 14.6. The number of ether oxygens (including phenoxy) is 2. The highest BCUT2D eigenvalue weighted by Gasteiger charge is 2.06. The first-order chi connectivity index (χ1) is 9.72. The molecule has 0 bridgehead atoms. The zero-order valence-electron chi connectivity index (χ0n) is 11.6. The number of benzene rings is 1. The lowest BCUT2D eigenvalue weighted by molar-refractivity contribution is 0.284. The second-order valence-electron chi connectivity index (χ2n) is 4.13. The molecule has 0 unspecified atom stereocenters. The molecule has 4 nitrogen and oxygen atoms in total. The minimum absolute atomic E-state index is 0.262. The van der Waals surface area contributed by atoms with Crippen molar-refractivity contribution in [3.8, 4) is 11.6 Å². The number of hydrogen-bond donors (Lipinski definition) is 0. The topological polar surface area (TPSA) is 44.2 Å². The highest BCUT2D eigenvalue weighted by molar-refractivity contribution is 6.29. The number of para-hydroxylation sites is 1. The number of aryl methyl sites for hydroxylation is 1. The van der Waals surface area contributed by atoms with Crippen molar-refractivity contribution in [2.75, 3.05) is 6.61 Å². The molecule has 0 saturated carbocycles.